The third-order valence-corrected chi connectivity index (χ3v) is 3.29. The van der Waals surface area contributed by atoms with Gasteiger partial charge in [0.05, 0.1) is 7.11 Å². The Morgan fingerprint density at radius 1 is 1.41 bits per heavy atom. The van der Waals surface area contributed by atoms with Gasteiger partial charge in [0.25, 0.3) is 0 Å². The van der Waals surface area contributed by atoms with Crippen molar-refractivity contribution in [1.29, 1.82) is 0 Å². The molecule has 0 bridgehead atoms. The van der Waals surface area contributed by atoms with Gasteiger partial charge in [-0.05, 0) is 36.9 Å². The number of benzene rings is 1. The minimum absolute atomic E-state index is 0.147. The van der Waals surface area contributed by atoms with Crippen molar-refractivity contribution in [2.24, 2.45) is 0 Å². The first-order valence-corrected chi connectivity index (χ1v) is 6.18. The lowest BCUT2D eigenvalue weighted by Gasteiger charge is -2.11. The van der Waals surface area contributed by atoms with Crippen LogP contribution in [0.15, 0.2) is 24.3 Å². The molecule has 1 aliphatic heterocycles. The Labute approximate surface area is 102 Å². The minimum Gasteiger partial charge on any atom is -0.469 e. The largest absolute Gasteiger partial charge is 0.469 e. The van der Waals surface area contributed by atoms with Gasteiger partial charge in [-0.3, -0.25) is 4.79 Å². The second kappa shape index (κ2) is 5.82. The third-order valence-electron chi connectivity index (χ3n) is 3.29. The quantitative estimate of drug-likeness (QED) is 0.810. The number of carbonyl (C=O) groups excluding carboxylic acids is 1. The molecule has 1 atom stereocenters. The predicted molar refractivity (Wildman–Crippen MR) is 66.8 cm³/mol. The summed E-state index contributed by atoms with van der Waals surface area (Å²) in [7, 11) is 1.43. The molecule has 0 amide bonds. The van der Waals surface area contributed by atoms with Gasteiger partial charge >= 0.3 is 5.97 Å². The van der Waals surface area contributed by atoms with Crippen LogP contribution in [0, 0.1) is 0 Å². The number of hydrogen-bond donors (Lipinski definition) is 1. The Balaban J connectivity index is 1.90. The molecule has 0 unspecified atom stereocenters. The maximum absolute atomic E-state index is 11.0. The van der Waals surface area contributed by atoms with Crippen molar-refractivity contribution in [3.63, 3.8) is 0 Å². The Morgan fingerprint density at radius 3 is 2.76 bits per heavy atom. The molecule has 92 valence electrons. The van der Waals surface area contributed by atoms with Crippen molar-refractivity contribution < 1.29 is 9.53 Å². The maximum atomic E-state index is 11.0. The highest BCUT2D eigenvalue weighted by Gasteiger charge is 2.15. The molecular formula is C14H19NO2. The van der Waals surface area contributed by atoms with Crippen molar-refractivity contribution in [2.45, 2.75) is 31.7 Å². The molecule has 0 aliphatic carbocycles. The lowest BCUT2D eigenvalue weighted by atomic mass is 10.0. The molecule has 0 aromatic heterocycles. The summed E-state index contributed by atoms with van der Waals surface area (Å²) in [6, 6.07) is 9.06. The number of aryl methyl sites for hydroxylation is 1. The molecule has 0 spiro atoms. The van der Waals surface area contributed by atoms with Crippen LogP contribution in [0.25, 0.3) is 0 Å². The predicted octanol–water partition coefficient (Wildman–Crippen LogP) is 2.22. The number of rotatable bonds is 4. The smallest absolute Gasteiger partial charge is 0.305 e. The molecule has 1 N–H and O–H groups in total. The van der Waals surface area contributed by atoms with Gasteiger partial charge in [-0.1, -0.05) is 24.3 Å². The van der Waals surface area contributed by atoms with Crippen LogP contribution in [0.4, 0.5) is 0 Å². The second-order valence-electron chi connectivity index (χ2n) is 4.47. The Morgan fingerprint density at radius 2 is 2.18 bits per heavy atom. The van der Waals surface area contributed by atoms with E-state index in [9.17, 15) is 4.79 Å². The Kier molecular flexibility index (Phi) is 4.15. The zero-order valence-electron chi connectivity index (χ0n) is 10.2. The molecular weight excluding hydrogens is 214 g/mol. The monoisotopic (exact) mass is 233 g/mol. The van der Waals surface area contributed by atoms with Crippen molar-refractivity contribution >= 4 is 5.97 Å². The number of esters is 1. The average molecular weight is 233 g/mol. The van der Waals surface area contributed by atoms with Gasteiger partial charge < -0.3 is 10.1 Å². The lowest BCUT2D eigenvalue weighted by molar-refractivity contribution is -0.140. The highest BCUT2D eigenvalue weighted by molar-refractivity contribution is 5.69. The van der Waals surface area contributed by atoms with Gasteiger partial charge in [0.2, 0.25) is 0 Å². The number of hydrogen-bond acceptors (Lipinski definition) is 3. The molecule has 0 radical (unpaired) electrons. The van der Waals surface area contributed by atoms with Crippen molar-refractivity contribution in [2.75, 3.05) is 13.7 Å². The van der Waals surface area contributed by atoms with Gasteiger partial charge in [-0.2, -0.15) is 0 Å². The summed E-state index contributed by atoms with van der Waals surface area (Å²) in [6.45, 7) is 1.12. The van der Waals surface area contributed by atoms with Crippen LogP contribution in [0.3, 0.4) is 0 Å². The minimum atomic E-state index is -0.147. The van der Waals surface area contributed by atoms with E-state index in [0.29, 0.717) is 12.5 Å². The average Bonchev–Trinajstić information content (AvgIpc) is 2.90. The highest BCUT2D eigenvalue weighted by Crippen LogP contribution is 2.23. The summed E-state index contributed by atoms with van der Waals surface area (Å²) < 4.78 is 4.63. The lowest BCUT2D eigenvalue weighted by Crippen LogP contribution is -2.12. The number of nitrogens with one attached hydrogen (secondary N) is 1. The summed E-state index contributed by atoms with van der Waals surface area (Å²) in [4.78, 5) is 11.0. The molecule has 1 aromatic carbocycles. The second-order valence-corrected chi connectivity index (χ2v) is 4.47. The van der Waals surface area contributed by atoms with Gasteiger partial charge in [-0.25, -0.2) is 0 Å². The molecule has 1 aromatic rings. The maximum Gasteiger partial charge on any atom is 0.305 e. The Bertz CT molecular complexity index is 366. The van der Waals surface area contributed by atoms with Crippen molar-refractivity contribution in [1.82, 2.24) is 5.32 Å². The SMILES string of the molecule is COC(=O)CCc1ccc([C@H]2CCCN2)cc1. The molecule has 1 aliphatic rings. The fraction of sp³-hybridized carbons (Fsp3) is 0.500. The fourth-order valence-electron chi connectivity index (χ4n) is 2.23. The fourth-order valence-corrected chi connectivity index (χ4v) is 2.23. The first-order chi connectivity index (χ1) is 8.29. The first kappa shape index (κ1) is 12.1. The van der Waals surface area contributed by atoms with Crippen LogP contribution in [-0.2, 0) is 16.0 Å². The molecule has 1 heterocycles. The molecule has 17 heavy (non-hydrogen) atoms. The van der Waals surface area contributed by atoms with Crippen LogP contribution < -0.4 is 5.32 Å². The molecule has 0 saturated carbocycles. The molecule has 1 fully saturated rings. The summed E-state index contributed by atoms with van der Waals surface area (Å²) in [5, 5.41) is 3.48. The van der Waals surface area contributed by atoms with Gasteiger partial charge in [0.1, 0.15) is 0 Å². The zero-order valence-corrected chi connectivity index (χ0v) is 10.2. The normalized spacial score (nSPS) is 19.2. The number of carbonyl (C=O) groups is 1. The first-order valence-electron chi connectivity index (χ1n) is 6.18. The Hall–Kier alpha value is -1.35. The van der Waals surface area contributed by atoms with E-state index in [4.69, 9.17) is 0 Å². The van der Waals surface area contributed by atoms with E-state index >= 15 is 0 Å². The topological polar surface area (TPSA) is 38.3 Å². The summed E-state index contributed by atoms with van der Waals surface area (Å²) in [5.41, 5.74) is 2.54. The van der Waals surface area contributed by atoms with E-state index in [1.807, 2.05) is 0 Å². The molecule has 3 heteroatoms. The van der Waals surface area contributed by atoms with E-state index < -0.39 is 0 Å². The van der Waals surface area contributed by atoms with Crippen LogP contribution >= 0.6 is 0 Å². The van der Waals surface area contributed by atoms with Crippen LogP contribution in [-0.4, -0.2) is 19.6 Å². The van der Waals surface area contributed by atoms with E-state index in [2.05, 4.69) is 34.3 Å². The van der Waals surface area contributed by atoms with Gasteiger partial charge in [0, 0.05) is 12.5 Å². The van der Waals surface area contributed by atoms with Crippen molar-refractivity contribution in [3.8, 4) is 0 Å². The summed E-state index contributed by atoms with van der Waals surface area (Å²) >= 11 is 0. The van der Waals surface area contributed by atoms with Gasteiger partial charge in [-0.15, -0.1) is 0 Å². The third kappa shape index (κ3) is 3.30. The van der Waals surface area contributed by atoms with E-state index in [1.54, 1.807) is 0 Å². The van der Waals surface area contributed by atoms with E-state index in [0.717, 1.165) is 13.0 Å². The highest BCUT2D eigenvalue weighted by atomic mass is 16.5. The van der Waals surface area contributed by atoms with E-state index in [-0.39, 0.29) is 5.97 Å². The van der Waals surface area contributed by atoms with Crippen LogP contribution in [0.5, 0.6) is 0 Å². The molecule has 2 rings (SSSR count). The number of methoxy groups -OCH3 is 1. The summed E-state index contributed by atoms with van der Waals surface area (Å²) in [6.07, 6.45) is 3.69. The van der Waals surface area contributed by atoms with Crippen LogP contribution in [0.1, 0.15) is 36.4 Å². The number of ether oxygens (including phenoxy) is 1. The standard InChI is InChI=1S/C14H19NO2/c1-17-14(16)9-6-11-4-7-12(8-5-11)13-3-2-10-15-13/h4-5,7-8,13,15H,2-3,6,9-10H2,1H3/t13-/m1/s1. The molecule has 3 nitrogen and oxygen atoms in total. The van der Waals surface area contributed by atoms with Gasteiger partial charge in [0.15, 0.2) is 0 Å². The van der Waals surface area contributed by atoms with Crippen molar-refractivity contribution in [3.05, 3.63) is 35.4 Å². The van der Waals surface area contributed by atoms with E-state index in [1.165, 1.54) is 31.1 Å². The van der Waals surface area contributed by atoms with Crippen LogP contribution in [0.2, 0.25) is 0 Å². The molecule has 1 saturated heterocycles. The zero-order chi connectivity index (χ0) is 12.1. The summed E-state index contributed by atoms with van der Waals surface area (Å²) in [5.74, 6) is -0.147.